The van der Waals surface area contributed by atoms with Crippen LogP contribution >= 0.6 is 0 Å². The van der Waals surface area contributed by atoms with Gasteiger partial charge in [-0.25, -0.2) is 0 Å². The molecule has 0 saturated carbocycles. The van der Waals surface area contributed by atoms with E-state index in [0.29, 0.717) is 0 Å². The van der Waals surface area contributed by atoms with Gasteiger partial charge in [0.15, 0.2) is 0 Å². The molecule has 0 bridgehead atoms. The normalized spacial score (nSPS) is 11.1. The average molecular weight is 266 g/mol. The molecule has 20 heavy (non-hydrogen) atoms. The molecular formula is C18H18O2. The van der Waals surface area contributed by atoms with E-state index in [2.05, 4.69) is 0 Å². The SMILES string of the molecule is CC=COc1ccc(-c2ccc(OC=CC)cc2)cc1. The van der Waals surface area contributed by atoms with Gasteiger partial charge in [0.1, 0.15) is 11.5 Å². The first kappa shape index (κ1) is 13.9. The lowest BCUT2D eigenvalue weighted by molar-refractivity contribution is 0.480. The van der Waals surface area contributed by atoms with E-state index < -0.39 is 0 Å². The van der Waals surface area contributed by atoms with E-state index in [9.17, 15) is 0 Å². The molecule has 102 valence electrons. The Labute approximate surface area is 120 Å². The molecule has 0 aromatic heterocycles. The summed E-state index contributed by atoms with van der Waals surface area (Å²) in [4.78, 5) is 0. The van der Waals surface area contributed by atoms with E-state index in [1.165, 1.54) is 0 Å². The Morgan fingerprint density at radius 3 is 1.25 bits per heavy atom. The van der Waals surface area contributed by atoms with Crippen molar-refractivity contribution in [3.63, 3.8) is 0 Å². The van der Waals surface area contributed by atoms with Gasteiger partial charge in [-0.2, -0.15) is 0 Å². The summed E-state index contributed by atoms with van der Waals surface area (Å²) in [5.74, 6) is 1.67. The minimum absolute atomic E-state index is 0.833. The zero-order valence-electron chi connectivity index (χ0n) is 11.7. The third kappa shape index (κ3) is 3.75. The van der Waals surface area contributed by atoms with Crippen LogP contribution in [0.25, 0.3) is 11.1 Å². The molecule has 2 aromatic carbocycles. The maximum atomic E-state index is 5.40. The maximum Gasteiger partial charge on any atom is 0.126 e. The van der Waals surface area contributed by atoms with Crippen LogP contribution in [0.15, 0.2) is 73.2 Å². The molecule has 0 N–H and O–H groups in total. The molecule has 0 fully saturated rings. The molecule has 0 atom stereocenters. The fraction of sp³-hybridized carbons (Fsp3) is 0.111. The fourth-order valence-corrected chi connectivity index (χ4v) is 1.75. The van der Waals surface area contributed by atoms with Crippen LogP contribution < -0.4 is 9.47 Å². The van der Waals surface area contributed by atoms with Crippen LogP contribution in [0, 0.1) is 0 Å². The molecule has 0 aliphatic carbocycles. The van der Waals surface area contributed by atoms with E-state index in [-0.39, 0.29) is 0 Å². The summed E-state index contributed by atoms with van der Waals surface area (Å²) >= 11 is 0. The lowest BCUT2D eigenvalue weighted by atomic mass is 10.1. The summed E-state index contributed by atoms with van der Waals surface area (Å²) in [5.41, 5.74) is 2.30. The van der Waals surface area contributed by atoms with Crippen LogP contribution in [-0.2, 0) is 0 Å². The van der Waals surface area contributed by atoms with Crippen molar-refractivity contribution >= 4 is 0 Å². The predicted octanol–water partition coefficient (Wildman–Crippen LogP) is 5.18. The summed E-state index contributed by atoms with van der Waals surface area (Å²) < 4.78 is 10.8. The molecule has 0 spiro atoms. The average Bonchev–Trinajstić information content (AvgIpc) is 2.52. The molecule has 0 heterocycles. The Morgan fingerprint density at radius 1 is 0.600 bits per heavy atom. The molecule has 0 aliphatic heterocycles. The van der Waals surface area contributed by atoms with Crippen LogP contribution in [0.1, 0.15) is 13.8 Å². The number of benzene rings is 2. The monoisotopic (exact) mass is 266 g/mol. The maximum absolute atomic E-state index is 5.40. The Kier molecular flexibility index (Phi) is 5.01. The van der Waals surface area contributed by atoms with Gasteiger partial charge in [0.05, 0.1) is 12.5 Å². The molecule has 2 heteroatoms. The Balaban J connectivity index is 2.11. The summed E-state index contributed by atoms with van der Waals surface area (Å²) in [5, 5.41) is 0. The fourth-order valence-electron chi connectivity index (χ4n) is 1.75. The van der Waals surface area contributed by atoms with Gasteiger partial charge in [0.2, 0.25) is 0 Å². The minimum atomic E-state index is 0.833. The minimum Gasteiger partial charge on any atom is -0.465 e. The number of hydrogen-bond donors (Lipinski definition) is 0. The van der Waals surface area contributed by atoms with Gasteiger partial charge in [-0.05, 0) is 49.2 Å². The zero-order chi connectivity index (χ0) is 14.2. The van der Waals surface area contributed by atoms with Crippen molar-refractivity contribution in [3.05, 3.63) is 73.2 Å². The van der Waals surface area contributed by atoms with Gasteiger partial charge in [0, 0.05) is 0 Å². The Morgan fingerprint density at radius 2 is 0.950 bits per heavy atom. The first-order valence-electron chi connectivity index (χ1n) is 6.59. The highest BCUT2D eigenvalue weighted by atomic mass is 16.5. The second-order valence-electron chi connectivity index (χ2n) is 4.22. The molecule has 2 rings (SSSR count). The summed E-state index contributed by atoms with van der Waals surface area (Å²) in [6, 6.07) is 16.0. The van der Waals surface area contributed by atoms with E-state index >= 15 is 0 Å². The van der Waals surface area contributed by atoms with Gasteiger partial charge in [-0.3, -0.25) is 0 Å². The van der Waals surface area contributed by atoms with Crippen LogP contribution in [0.4, 0.5) is 0 Å². The predicted molar refractivity (Wildman–Crippen MR) is 82.8 cm³/mol. The smallest absolute Gasteiger partial charge is 0.126 e. The van der Waals surface area contributed by atoms with Crippen molar-refractivity contribution in [2.24, 2.45) is 0 Å². The van der Waals surface area contributed by atoms with Crippen molar-refractivity contribution in [2.45, 2.75) is 13.8 Å². The van der Waals surface area contributed by atoms with Crippen LogP contribution in [-0.4, -0.2) is 0 Å². The van der Waals surface area contributed by atoms with Crippen molar-refractivity contribution < 1.29 is 9.47 Å². The molecule has 0 amide bonds. The highest BCUT2D eigenvalue weighted by molar-refractivity contribution is 5.64. The molecule has 2 aromatic rings. The molecule has 0 unspecified atom stereocenters. The van der Waals surface area contributed by atoms with E-state index in [0.717, 1.165) is 22.6 Å². The molecule has 0 aliphatic rings. The number of ether oxygens (including phenoxy) is 2. The van der Waals surface area contributed by atoms with Gasteiger partial charge in [-0.15, -0.1) is 0 Å². The van der Waals surface area contributed by atoms with Crippen molar-refractivity contribution in [1.29, 1.82) is 0 Å². The first-order valence-corrected chi connectivity index (χ1v) is 6.59. The van der Waals surface area contributed by atoms with Crippen molar-refractivity contribution in [3.8, 4) is 22.6 Å². The molecular weight excluding hydrogens is 248 g/mol. The Hall–Kier alpha value is -2.48. The largest absolute Gasteiger partial charge is 0.465 e. The standard InChI is InChI=1S/C18H18O2/c1-3-13-19-17-9-5-15(6-10-17)16-7-11-18(12-8-16)20-14-4-2/h3-14H,1-2H3. The third-order valence-electron chi connectivity index (χ3n) is 2.72. The molecule has 0 saturated heterocycles. The lowest BCUT2D eigenvalue weighted by Crippen LogP contribution is -1.84. The number of hydrogen-bond acceptors (Lipinski definition) is 2. The van der Waals surface area contributed by atoms with Crippen LogP contribution in [0.3, 0.4) is 0 Å². The van der Waals surface area contributed by atoms with Gasteiger partial charge >= 0.3 is 0 Å². The second-order valence-corrected chi connectivity index (χ2v) is 4.22. The number of allylic oxidation sites excluding steroid dienone is 2. The summed E-state index contributed by atoms with van der Waals surface area (Å²) in [6.45, 7) is 3.84. The van der Waals surface area contributed by atoms with Crippen molar-refractivity contribution in [1.82, 2.24) is 0 Å². The van der Waals surface area contributed by atoms with E-state index in [1.54, 1.807) is 12.5 Å². The van der Waals surface area contributed by atoms with Crippen LogP contribution in [0.2, 0.25) is 0 Å². The lowest BCUT2D eigenvalue weighted by Gasteiger charge is -2.05. The summed E-state index contributed by atoms with van der Waals surface area (Å²) in [6.07, 6.45) is 7.06. The van der Waals surface area contributed by atoms with E-state index in [4.69, 9.17) is 9.47 Å². The van der Waals surface area contributed by atoms with Gasteiger partial charge in [0.25, 0.3) is 0 Å². The zero-order valence-corrected chi connectivity index (χ0v) is 11.7. The number of rotatable bonds is 5. The highest BCUT2D eigenvalue weighted by Crippen LogP contribution is 2.24. The second kappa shape index (κ2) is 7.19. The Bertz CT molecular complexity index is 522. The van der Waals surface area contributed by atoms with Crippen LogP contribution in [0.5, 0.6) is 11.5 Å². The van der Waals surface area contributed by atoms with E-state index in [1.807, 2.05) is 74.5 Å². The van der Waals surface area contributed by atoms with Crippen molar-refractivity contribution in [2.75, 3.05) is 0 Å². The molecule has 0 radical (unpaired) electrons. The van der Waals surface area contributed by atoms with Gasteiger partial charge < -0.3 is 9.47 Å². The summed E-state index contributed by atoms with van der Waals surface area (Å²) in [7, 11) is 0. The highest BCUT2D eigenvalue weighted by Gasteiger charge is 1.99. The third-order valence-corrected chi connectivity index (χ3v) is 2.72. The topological polar surface area (TPSA) is 18.5 Å². The quantitative estimate of drug-likeness (QED) is 0.694. The van der Waals surface area contributed by atoms with Gasteiger partial charge in [-0.1, -0.05) is 36.4 Å². The molecule has 2 nitrogen and oxygen atoms in total. The first-order chi connectivity index (χ1) is 9.83.